The molecule has 2 rings (SSSR count). The number of benzene rings is 1. The van der Waals surface area contributed by atoms with Crippen molar-refractivity contribution in [1.82, 2.24) is 15.5 Å². The first-order valence-electron chi connectivity index (χ1n) is 6.45. The molecule has 2 N–H and O–H groups in total. The number of nitrogens with one attached hydrogen (secondary N) is 1. The quantitative estimate of drug-likeness (QED) is 0.761. The molecule has 0 unspecified atom stereocenters. The summed E-state index contributed by atoms with van der Waals surface area (Å²) in [6.45, 7) is 0.818. The third kappa shape index (κ3) is 4.44. The highest BCUT2D eigenvalue weighted by Gasteiger charge is 2.12. The van der Waals surface area contributed by atoms with Gasteiger partial charge in [-0.15, -0.1) is 5.10 Å². The molecule has 1 aromatic carbocycles. The van der Waals surface area contributed by atoms with Gasteiger partial charge in [0.1, 0.15) is 5.75 Å². The highest BCUT2D eigenvalue weighted by atomic mass is 19.2. The second kappa shape index (κ2) is 7.61. The van der Waals surface area contributed by atoms with Gasteiger partial charge in [0.15, 0.2) is 11.6 Å². The molecule has 112 valence electrons. The SMILES string of the molecule is OCCNCCc1cc(Oc2cccnn2)cc(F)c1F. The number of aromatic nitrogens is 2. The van der Waals surface area contributed by atoms with E-state index < -0.39 is 11.6 Å². The Kier molecular flexibility index (Phi) is 5.53. The first kappa shape index (κ1) is 15.3. The Morgan fingerprint density at radius 3 is 2.81 bits per heavy atom. The molecule has 1 heterocycles. The monoisotopic (exact) mass is 295 g/mol. The van der Waals surface area contributed by atoms with Crippen LogP contribution in [0.3, 0.4) is 0 Å². The van der Waals surface area contributed by atoms with Gasteiger partial charge in [-0.1, -0.05) is 0 Å². The van der Waals surface area contributed by atoms with E-state index in [-0.39, 0.29) is 30.2 Å². The molecule has 0 aliphatic heterocycles. The van der Waals surface area contributed by atoms with Crippen molar-refractivity contribution in [3.63, 3.8) is 0 Å². The van der Waals surface area contributed by atoms with Crippen LogP contribution in [0.15, 0.2) is 30.5 Å². The molecule has 0 amide bonds. The molecule has 0 spiro atoms. The van der Waals surface area contributed by atoms with Crippen molar-refractivity contribution >= 4 is 0 Å². The van der Waals surface area contributed by atoms with Crippen molar-refractivity contribution in [2.24, 2.45) is 0 Å². The minimum atomic E-state index is -0.978. The number of hydrogen-bond acceptors (Lipinski definition) is 5. The van der Waals surface area contributed by atoms with Gasteiger partial charge in [-0.2, -0.15) is 5.10 Å². The number of aliphatic hydroxyl groups excluding tert-OH is 1. The maximum Gasteiger partial charge on any atom is 0.238 e. The van der Waals surface area contributed by atoms with Crippen LogP contribution in [0.1, 0.15) is 5.56 Å². The van der Waals surface area contributed by atoms with Gasteiger partial charge in [0.25, 0.3) is 0 Å². The summed E-state index contributed by atoms with van der Waals surface area (Å²) in [4.78, 5) is 0. The van der Waals surface area contributed by atoms with Crippen LogP contribution < -0.4 is 10.1 Å². The molecule has 0 aliphatic carbocycles. The predicted octanol–water partition coefficient (Wildman–Crippen LogP) is 1.67. The Bertz CT molecular complexity index is 582. The van der Waals surface area contributed by atoms with Gasteiger partial charge < -0.3 is 15.2 Å². The van der Waals surface area contributed by atoms with Gasteiger partial charge in [0, 0.05) is 24.9 Å². The smallest absolute Gasteiger partial charge is 0.238 e. The predicted molar refractivity (Wildman–Crippen MR) is 72.1 cm³/mol. The van der Waals surface area contributed by atoms with Crippen molar-refractivity contribution in [3.8, 4) is 11.6 Å². The van der Waals surface area contributed by atoms with Gasteiger partial charge in [-0.05, 0) is 30.7 Å². The summed E-state index contributed by atoms with van der Waals surface area (Å²) in [5, 5.41) is 18.9. The molecule has 0 fully saturated rings. The van der Waals surface area contributed by atoms with Crippen molar-refractivity contribution in [2.75, 3.05) is 19.7 Å². The molecule has 0 saturated heterocycles. The first-order chi connectivity index (χ1) is 10.2. The average Bonchev–Trinajstić information content (AvgIpc) is 2.49. The van der Waals surface area contributed by atoms with Crippen LogP contribution in [-0.4, -0.2) is 35.0 Å². The average molecular weight is 295 g/mol. The lowest BCUT2D eigenvalue weighted by Gasteiger charge is -2.09. The lowest BCUT2D eigenvalue weighted by Crippen LogP contribution is -2.21. The molecule has 0 bridgehead atoms. The van der Waals surface area contributed by atoms with E-state index in [2.05, 4.69) is 15.5 Å². The standard InChI is InChI=1S/C14H15F2N3O2/c15-12-9-11(21-13-2-1-4-18-19-13)8-10(14(12)16)3-5-17-6-7-20/h1-2,4,8-9,17,20H,3,5-7H2. The highest BCUT2D eigenvalue weighted by molar-refractivity contribution is 5.33. The van der Waals surface area contributed by atoms with Crippen LogP contribution in [0, 0.1) is 11.6 Å². The molecular weight excluding hydrogens is 280 g/mol. The van der Waals surface area contributed by atoms with E-state index in [1.807, 2.05) is 0 Å². The third-order valence-electron chi connectivity index (χ3n) is 2.71. The van der Waals surface area contributed by atoms with Crippen LogP contribution in [-0.2, 0) is 6.42 Å². The number of aliphatic hydroxyl groups is 1. The van der Waals surface area contributed by atoms with E-state index in [0.29, 0.717) is 13.1 Å². The largest absolute Gasteiger partial charge is 0.437 e. The van der Waals surface area contributed by atoms with Crippen LogP contribution in [0.5, 0.6) is 11.6 Å². The third-order valence-corrected chi connectivity index (χ3v) is 2.71. The zero-order valence-corrected chi connectivity index (χ0v) is 11.2. The number of halogens is 2. The highest BCUT2D eigenvalue weighted by Crippen LogP contribution is 2.24. The van der Waals surface area contributed by atoms with E-state index in [9.17, 15) is 8.78 Å². The summed E-state index contributed by atoms with van der Waals surface area (Å²) in [6, 6.07) is 5.58. The van der Waals surface area contributed by atoms with E-state index in [4.69, 9.17) is 9.84 Å². The van der Waals surface area contributed by atoms with Gasteiger partial charge in [-0.3, -0.25) is 0 Å². The van der Waals surface area contributed by atoms with Crippen molar-refractivity contribution in [1.29, 1.82) is 0 Å². The second-order valence-corrected chi connectivity index (χ2v) is 4.27. The molecule has 0 radical (unpaired) electrons. The summed E-state index contributed by atoms with van der Waals surface area (Å²) in [7, 11) is 0. The maximum atomic E-state index is 13.7. The molecular formula is C14H15F2N3O2. The van der Waals surface area contributed by atoms with Crippen molar-refractivity contribution in [2.45, 2.75) is 6.42 Å². The van der Waals surface area contributed by atoms with Crippen molar-refractivity contribution < 1.29 is 18.6 Å². The summed E-state index contributed by atoms with van der Waals surface area (Å²) in [5.74, 6) is -1.51. The molecule has 0 saturated carbocycles. The van der Waals surface area contributed by atoms with Crippen LogP contribution in [0.2, 0.25) is 0 Å². The molecule has 2 aromatic rings. The number of hydrogen-bond donors (Lipinski definition) is 2. The molecule has 0 atom stereocenters. The topological polar surface area (TPSA) is 67.3 Å². The Hall–Kier alpha value is -2.12. The second-order valence-electron chi connectivity index (χ2n) is 4.27. The van der Waals surface area contributed by atoms with Gasteiger partial charge in [-0.25, -0.2) is 8.78 Å². The molecule has 1 aromatic heterocycles. The maximum absolute atomic E-state index is 13.7. The van der Waals surface area contributed by atoms with Crippen molar-refractivity contribution in [3.05, 3.63) is 47.7 Å². The Morgan fingerprint density at radius 2 is 2.10 bits per heavy atom. The number of ether oxygens (including phenoxy) is 1. The molecule has 5 nitrogen and oxygen atoms in total. The van der Waals surface area contributed by atoms with E-state index in [1.54, 1.807) is 12.1 Å². The summed E-state index contributed by atoms with van der Waals surface area (Å²) in [6.07, 6.45) is 1.76. The number of rotatable bonds is 7. The fraction of sp³-hybridized carbons (Fsp3) is 0.286. The van der Waals surface area contributed by atoms with Crippen LogP contribution in [0.4, 0.5) is 8.78 Å². The summed E-state index contributed by atoms with van der Waals surface area (Å²) in [5.41, 5.74) is 0.194. The zero-order chi connectivity index (χ0) is 15.1. The van der Waals surface area contributed by atoms with E-state index in [1.165, 1.54) is 12.3 Å². The lowest BCUT2D eigenvalue weighted by atomic mass is 10.1. The summed E-state index contributed by atoms with van der Waals surface area (Å²) >= 11 is 0. The van der Waals surface area contributed by atoms with Crippen LogP contribution >= 0.6 is 0 Å². The molecule has 0 aliphatic rings. The Balaban J connectivity index is 2.10. The van der Waals surface area contributed by atoms with Gasteiger partial charge in [0.2, 0.25) is 5.88 Å². The molecule has 7 heteroatoms. The van der Waals surface area contributed by atoms with Gasteiger partial charge in [0.05, 0.1) is 6.61 Å². The minimum absolute atomic E-state index is 0.00727. The fourth-order valence-corrected chi connectivity index (χ4v) is 1.75. The zero-order valence-electron chi connectivity index (χ0n) is 11.2. The van der Waals surface area contributed by atoms with Gasteiger partial charge >= 0.3 is 0 Å². The van der Waals surface area contributed by atoms with Crippen LogP contribution in [0.25, 0.3) is 0 Å². The minimum Gasteiger partial charge on any atom is -0.437 e. The van der Waals surface area contributed by atoms with E-state index in [0.717, 1.165) is 6.07 Å². The molecule has 21 heavy (non-hydrogen) atoms. The summed E-state index contributed by atoms with van der Waals surface area (Å²) < 4.78 is 32.6. The lowest BCUT2D eigenvalue weighted by molar-refractivity contribution is 0.292. The van der Waals surface area contributed by atoms with E-state index >= 15 is 0 Å². The number of nitrogens with zero attached hydrogens (tertiary/aromatic N) is 2. The normalized spacial score (nSPS) is 10.6. The fourth-order valence-electron chi connectivity index (χ4n) is 1.75. The Morgan fingerprint density at radius 1 is 1.24 bits per heavy atom. The Labute approximate surface area is 120 Å². The first-order valence-corrected chi connectivity index (χ1v) is 6.45.